The van der Waals surface area contributed by atoms with Gasteiger partial charge in [0.1, 0.15) is 17.3 Å². The van der Waals surface area contributed by atoms with Crippen molar-refractivity contribution >= 4 is 5.97 Å². The summed E-state index contributed by atoms with van der Waals surface area (Å²) in [7, 11) is 0. The van der Waals surface area contributed by atoms with Crippen LogP contribution in [0, 0.1) is 6.92 Å². The fourth-order valence-electron chi connectivity index (χ4n) is 3.31. The minimum absolute atomic E-state index is 0.0555. The number of aliphatic hydroxyl groups excluding tert-OH is 1. The second kappa shape index (κ2) is 11.0. The van der Waals surface area contributed by atoms with Gasteiger partial charge in [0.2, 0.25) is 5.89 Å². The molecule has 1 aromatic heterocycles. The highest BCUT2D eigenvalue weighted by molar-refractivity contribution is 5.79. The fraction of sp³-hybridized carbons (Fsp3) is 0.385. The van der Waals surface area contributed by atoms with Crippen molar-refractivity contribution in [2.45, 2.75) is 46.1 Å². The predicted octanol–water partition coefficient (Wildman–Crippen LogP) is 4.53. The molecule has 1 N–H and O–H groups in total. The van der Waals surface area contributed by atoms with Gasteiger partial charge < -0.3 is 23.7 Å². The summed E-state index contributed by atoms with van der Waals surface area (Å²) in [6, 6.07) is 15.1. The molecule has 0 aliphatic heterocycles. The lowest BCUT2D eigenvalue weighted by Crippen LogP contribution is -2.40. The molecule has 2 aromatic carbocycles. The smallest absolute Gasteiger partial charge is 0.349 e. The van der Waals surface area contributed by atoms with Crippen LogP contribution >= 0.6 is 0 Å². The Bertz CT molecular complexity index is 1060. The van der Waals surface area contributed by atoms with E-state index in [2.05, 4.69) is 4.98 Å². The summed E-state index contributed by atoms with van der Waals surface area (Å²) in [5.41, 5.74) is 1.38. The third-order valence-electron chi connectivity index (χ3n) is 5.07. The van der Waals surface area contributed by atoms with Gasteiger partial charge in [-0.15, -0.1) is 0 Å². The number of esters is 1. The summed E-state index contributed by atoms with van der Waals surface area (Å²) in [6.07, 6.45) is 0.958. The van der Waals surface area contributed by atoms with E-state index < -0.39 is 11.6 Å². The number of aliphatic hydroxyl groups is 1. The molecule has 0 atom stereocenters. The Hall–Kier alpha value is -3.32. The molecular formula is C26H31NO6. The molecule has 0 aliphatic rings. The third-order valence-corrected chi connectivity index (χ3v) is 5.07. The van der Waals surface area contributed by atoms with Gasteiger partial charge in [-0.3, -0.25) is 0 Å². The number of hydrogen-bond acceptors (Lipinski definition) is 7. The van der Waals surface area contributed by atoms with E-state index in [4.69, 9.17) is 18.6 Å². The highest BCUT2D eigenvalue weighted by Crippen LogP contribution is 2.29. The summed E-state index contributed by atoms with van der Waals surface area (Å²) in [6.45, 7) is 7.59. The van der Waals surface area contributed by atoms with E-state index in [1.165, 1.54) is 0 Å². The average Bonchev–Trinajstić information content (AvgIpc) is 3.17. The number of rotatable bonds is 11. The van der Waals surface area contributed by atoms with Crippen LogP contribution in [0.5, 0.6) is 11.5 Å². The molecule has 0 spiro atoms. The molecule has 7 nitrogen and oxygen atoms in total. The highest BCUT2D eigenvalue weighted by atomic mass is 16.6. The zero-order chi connectivity index (χ0) is 23.8. The van der Waals surface area contributed by atoms with Gasteiger partial charge in [-0.1, -0.05) is 18.2 Å². The minimum atomic E-state index is -1.15. The predicted molar refractivity (Wildman–Crippen MR) is 124 cm³/mol. The van der Waals surface area contributed by atoms with Gasteiger partial charge in [0.05, 0.1) is 18.9 Å². The molecule has 0 fully saturated rings. The van der Waals surface area contributed by atoms with E-state index in [1.54, 1.807) is 32.9 Å². The molecule has 0 radical (unpaired) electrons. The first-order chi connectivity index (χ1) is 15.8. The Labute approximate surface area is 194 Å². The fourth-order valence-corrected chi connectivity index (χ4v) is 3.31. The van der Waals surface area contributed by atoms with Gasteiger partial charge in [-0.05, 0) is 64.4 Å². The number of aromatic nitrogens is 1. The van der Waals surface area contributed by atoms with Crippen molar-refractivity contribution in [3.8, 4) is 23.0 Å². The molecule has 0 aliphatic carbocycles. The molecule has 0 saturated heterocycles. The third kappa shape index (κ3) is 6.35. The van der Waals surface area contributed by atoms with Crippen molar-refractivity contribution in [1.29, 1.82) is 0 Å². The molecular weight excluding hydrogens is 422 g/mol. The van der Waals surface area contributed by atoms with Crippen LogP contribution in [0.15, 0.2) is 52.9 Å². The number of nitrogens with zero attached hydrogens (tertiary/aromatic N) is 1. The number of ether oxygens (including phenoxy) is 3. The molecule has 0 amide bonds. The minimum Gasteiger partial charge on any atom is -0.493 e. The maximum Gasteiger partial charge on any atom is 0.349 e. The monoisotopic (exact) mass is 453 g/mol. The zero-order valence-electron chi connectivity index (χ0n) is 19.6. The molecule has 7 heteroatoms. The number of carbonyl (C=O) groups excluding carboxylic acids is 1. The van der Waals surface area contributed by atoms with Crippen molar-refractivity contribution in [2.75, 3.05) is 19.8 Å². The first-order valence-corrected chi connectivity index (χ1v) is 11.1. The first-order valence-electron chi connectivity index (χ1n) is 11.1. The molecule has 3 rings (SSSR count). The van der Waals surface area contributed by atoms with Crippen molar-refractivity contribution in [2.24, 2.45) is 0 Å². The van der Waals surface area contributed by atoms with Gasteiger partial charge in [0.15, 0.2) is 5.60 Å². The summed E-state index contributed by atoms with van der Waals surface area (Å²) < 4.78 is 22.7. The van der Waals surface area contributed by atoms with Crippen LogP contribution in [0.3, 0.4) is 0 Å². The molecule has 176 valence electrons. The average molecular weight is 454 g/mol. The zero-order valence-corrected chi connectivity index (χ0v) is 19.6. The molecule has 3 aromatic rings. The van der Waals surface area contributed by atoms with Crippen molar-refractivity contribution in [1.82, 2.24) is 4.98 Å². The quantitative estimate of drug-likeness (QED) is 0.427. The molecule has 0 bridgehead atoms. The van der Waals surface area contributed by atoms with Crippen molar-refractivity contribution in [3.63, 3.8) is 0 Å². The largest absolute Gasteiger partial charge is 0.493 e. The van der Waals surface area contributed by atoms with Crippen LogP contribution in [0.2, 0.25) is 0 Å². The van der Waals surface area contributed by atoms with E-state index in [-0.39, 0.29) is 13.2 Å². The number of oxazole rings is 1. The number of hydrogen-bond donors (Lipinski definition) is 1. The molecule has 33 heavy (non-hydrogen) atoms. The van der Waals surface area contributed by atoms with E-state index in [0.29, 0.717) is 36.8 Å². The van der Waals surface area contributed by atoms with Crippen LogP contribution < -0.4 is 9.47 Å². The van der Waals surface area contributed by atoms with Crippen LogP contribution in [-0.4, -0.2) is 41.5 Å². The van der Waals surface area contributed by atoms with Crippen LogP contribution in [0.4, 0.5) is 0 Å². The second-order valence-corrected chi connectivity index (χ2v) is 8.06. The number of aryl methyl sites for hydroxylation is 1. The van der Waals surface area contributed by atoms with Crippen LogP contribution in [0.25, 0.3) is 11.5 Å². The lowest BCUT2D eigenvalue weighted by molar-refractivity contribution is -0.158. The number of benzene rings is 2. The van der Waals surface area contributed by atoms with Crippen molar-refractivity contribution < 1.29 is 28.5 Å². The topological polar surface area (TPSA) is 91.0 Å². The van der Waals surface area contributed by atoms with Gasteiger partial charge in [-0.25, -0.2) is 9.78 Å². The Kier molecular flexibility index (Phi) is 8.11. The second-order valence-electron chi connectivity index (χ2n) is 8.06. The summed E-state index contributed by atoms with van der Waals surface area (Å²) >= 11 is 0. The van der Waals surface area contributed by atoms with E-state index in [9.17, 15) is 9.90 Å². The van der Waals surface area contributed by atoms with Crippen LogP contribution in [-0.2, 0) is 22.4 Å². The van der Waals surface area contributed by atoms with Gasteiger partial charge in [0.25, 0.3) is 0 Å². The summed E-state index contributed by atoms with van der Waals surface area (Å²) in [4.78, 5) is 16.8. The maximum absolute atomic E-state index is 12.2. The number of carbonyl (C=O) groups is 1. The maximum atomic E-state index is 12.2. The molecule has 0 saturated carbocycles. The lowest BCUT2D eigenvalue weighted by atomic mass is 10.1. The van der Waals surface area contributed by atoms with Gasteiger partial charge in [-0.2, -0.15) is 0 Å². The molecule has 0 unspecified atom stereocenters. The standard InChI is InChI=1S/C26H31NO6/c1-5-30-25(29)26(3,4)33-23-12-11-21(17-20(23)13-15-28)31-16-14-22-18(2)32-24(27-22)19-9-7-6-8-10-19/h6-12,17,28H,5,13-16H2,1-4H3. The van der Waals surface area contributed by atoms with Gasteiger partial charge >= 0.3 is 5.97 Å². The van der Waals surface area contributed by atoms with Crippen molar-refractivity contribution in [3.05, 3.63) is 65.5 Å². The Morgan fingerprint density at radius 2 is 1.88 bits per heavy atom. The SMILES string of the molecule is CCOC(=O)C(C)(C)Oc1ccc(OCCc2nc(-c3ccccc3)oc2C)cc1CCO. The Balaban J connectivity index is 1.65. The van der Waals surface area contributed by atoms with E-state index in [1.807, 2.05) is 43.3 Å². The van der Waals surface area contributed by atoms with E-state index >= 15 is 0 Å². The summed E-state index contributed by atoms with van der Waals surface area (Å²) in [5, 5.41) is 9.47. The Morgan fingerprint density at radius 3 is 2.58 bits per heavy atom. The molecule has 1 heterocycles. The van der Waals surface area contributed by atoms with Gasteiger partial charge in [0, 0.05) is 24.2 Å². The highest BCUT2D eigenvalue weighted by Gasteiger charge is 2.32. The first kappa shape index (κ1) is 24.3. The van der Waals surface area contributed by atoms with E-state index in [0.717, 1.165) is 22.6 Å². The Morgan fingerprint density at radius 1 is 1.12 bits per heavy atom. The van der Waals surface area contributed by atoms with Crippen LogP contribution in [0.1, 0.15) is 37.8 Å². The normalized spacial score (nSPS) is 11.3. The summed E-state index contributed by atoms with van der Waals surface area (Å²) in [5.74, 6) is 2.07. The lowest BCUT2D eigenvalue weighted by Gasteiger charge is -2.25.